The quantitative estimate of drug-likeness (QED) is 0.648. The van der Waals surface area contributed by atoms with Gasteiger partial charge in [0.25, 0.3) is 0 Å². The van der Waals surface area contributed by atoms with E-state index in [2.05, 4.69) is 4.90 Å². The third-order valence-electron chi connectivity index (χ3n) is 3.22. The monoisotopic (exact) mass is 249 g/mol. The van der Waals surface area contributed by atoms with Gasteiger partial charge >= 0.3 is 5.97 Å². The highest BCUT2D eigenvalue weighted by Crippen LogP contribution is 2.19. The zero-order chi connectivity index (χ0) is 13.0. The second-order valence-electron chi connectivity index (χ2n) is 4.81. The molecule has 0 aliphatic carbocycles. The molecule has 1 unspecified atom stereocenters. The fourth-order valence-electron chi connectivity index (χ4n) is 2.29. The molecule has 1 saturated heterocycles. The molecule has 1 fully saturated rings. The van der Waals surface area contributed by atoms with E-state index in [1.54, 1.807) is 0 Å². The largest absolute Gasteiger partial charge is 0.427 e. The second-order valence-corrected chi connectivity index (χ2v) is 4.81. The Morgan fingerprint density at radius 2 is 2.17 bits per heavy atom. The molecule has 98 valence electrons. The molecule has 1 atom stereocenters. The van der Waals surface area contributed by atoms with Crippen LogP contribution in [0.15, 0.2) is 24.3 Å². The molecule has 0 saturated carbocycles. The molecule has 1 aliphatic rings. The van der Waals surface area contributed by atoms with Gasteiger partial charge in [0.2, 0.25) is 0 Å². The van der Waals surface area contributed by atoms with E-state index in [0.29, 0.717) is 11.7 Å². The first kappa shape index (κ1) is 13.1. The maximum atomic E-state index is 10.8. The molecule has 1 aliphatic heterocycles. The van der Waals surface area contributed by atoms with Crippen LogP contribution >= 0.6 is 0 Å². The Hall–Kier alpha value is -1.39. The van der Waals surface area contributed by atoms with Crippen molar-refractivity contribution in [2.24, 2.45) is 5.92 Å². The predicted molar refractivity (Wildman–Crippen MR) is 68.2 cm³/mol. The molecular weight excluding hydrogens is 230 g/mol. The number of hydrogen-bond acceptors (Lipinski definition) is 4. The minimum Gasteiger partial charge on any atom is -0.427 e. The van der Waals surface area contributed by atoms with Crippen LogP contribution in [0.5, 0.6) is 5.75 Å². The summed E-state index contributed by atoms with van der Waals surface area (Å²) >= 11 is 0. The number of aliphatic hydroxyl groups is 1. The number of esters is 1. The molecule has 0 amide bonds. The summed E-state index contributed by atoms with van der Waals surface area (Å²) in [7, 11) is 0. The Morgan fingerprint density at radius 1 is 1.44 bits per heavy atom. The molecule has 1 heterocycles. The number of aliphatic hydroxyl groups excluding tert-OH is 1. The van der Waals surface area contributed by atoms with Gasteiger partial charge in [0.05, 0.1) is 0 Å². The van der Waals surface area contributed by atoms with Crippen molar-refractivity contribution >= 4 is 5.97 Å². The van der Waals surface area contributed by atoms with Gasteiger partial charge < -0.3 is 9.84 Å². The number of likely N-dealkylation sites (tertiary alicyclic amines) is 1. The molecule has 18 heavy (non-hydrogen) atoms. The molecule has 1 aromatic rings. The topological polar surface area (TPSA) is 49.8 Å². The Labute approximate surface area is 107 Å². The van der Waals surface area contributed by atoms with Crippen LogP contribution in [0.2, 0.25) is 0 Å². The molecule has 4 nitrogen and oxygen atoms in total. The first-order chi connectivity index (χ1) is 8.67. The van der Waals surface area contributed by atoms with Crippen molar-refractivity contribution in [3.8, 4) is 5.75 Å². The van der Waals surface area contributed by atoms with Gasteiger partial charge in [-0.2, -0.15) is 0 Å². The van der Waals surface area contributed by atoms with Gasteiger partial charge in [0, 0.05) is 26.6 Å². The molecule has 1 N–H and O–H groups in total. The maximum absolute atomic E-state index is 10.8. The lowest BCUT2D eigenvalue weighted by Gasteiger charge is -2.15. The average Bonchev–Trinajstić information content (AvgIpc) is 2.79. The number of hydrogen-bond donors (Lipinski definition) is 1. The van der Waals surface area contributed by atoms with Crippen molar-refractivity contribution < 1.29 is 14.6 Å². The minimum atomic E-state index is -0.298. The number of nitrogens with zero attached hydrogens (tertiary/aromatic N) is 1. The summed E-state index contributed by atoms with van der Waals surface area (Å²) < 4.78 is 4.99. The predicted octanol–water partition coefficient (Wildman–Crippen LogP) is 1.43. The number of ether oxygens (including phenoxy) is 1. The Balaban J connectivity index is 1.88. The fourth-order valence-corrected chi connectivity index (χ4v) is 2.29. The number of benzene rings is 1. The lowest BCUT2D eigenvalue weighted by Crippen LogP contribution is -2.20. The van der Waals surface area contributed by atoms with Gasteiger partial charge in [-0.3, -0.25) is 9.69 Å². The Kier molecular flexibility index (Phi) is 4.33. The summed E-state index contributed by atoms with van der Waals surface area (Å²) in [5.41, 5.74) is 1.20. The van der Waals surface area contributed by atoms with Gasteiger partial charge in [-0.15, -0.1) is 0 Å². The second kappa shape index (κ2) is 5.98. The van der Waals surface area contributed by atoms with Crippen molar-refractivity contribution in [3.05, 3.63) is 29.8 Å². The summed E-state index contributed by atoms with van der Waals surface area (Å²) in [5, 5.41) is 9.10. The highest BCUT2D eigenvalue weighted by atomic mass is 16.5. The highest BCUT2D eigenvalue weighted by molar-refractivity contribution is 5.69. The number of rotatable bonds is 4. The van der Waals surface area contributed by atoms with Crippen LogP contribution in [0, 0.1) is 5.92 Å². The first-order valence-electron chi connectivity index (χ1n) is 6.28. The van der Waals surface area contributed by atoms with Crippen LogP contribution < -0.4 is 4.74 Å². The molecule has 4 heteroatoms. The van der Waals surface area contributed by atoms with E-state index in [1.165, 1.54) is 12.5 Å². The highest BCUT2D eigenvalue weighted by Gasteiger charge is 2.21. The molecule has 1 aromatic carbocycles. The maximum Gasteiger partial charge on any atom is 0.308 e. The minimum absolute atomic E-state index is 0.280. The Bertz CT molecular complexity index is 402. The van der Waals surface area contributed by atoms with Crippen LogP contribution in [0.1, 0.15) is 18.9 Å². The van der Waals surface area contributed by atoms with E-state index in [1.807, 2.05) is 24.3 Å². The number of carbonyl (C=O) groups excluding carboxylic acids is 1. The summed E-state index contributed by atoms with van der Waals surface area (Å²) in [5.74, 6) is 0.708. The molecule has 0 spiro atoms. The molecule has 2 rings (SSSR count). The standard InChI is InChI=1S/C14H19NO3/c1-11(17)18-14-4-2-12(3-5-14)8-15-7-6-13(9-15)10-16/h2-5,13,16H,6-10H2,1H3. The zero-order valence-electron chi connectivity index (χ0n) is 10.6. The summed E-state index contributed by atoms with van der Waals surface area (Å²) in [4.78, 5) is 13.1. The van der Waals surface area contributed by atoms with E-state index in [9.17, 15) is 4.79 Å². The summed E-state index contributed by atoms with van der Waals surface area (Å²) in [6, 6.07) is 7.59. The lowest BCUT2D eigenvalue weighted by molar-refractivity contribution is -0.131. The number of carbonyl (C=O) groups is 1. The SMILES string of the molecule is CC(=O)Oc1ccc(CN2CCC(CO)C2)cc1. The molecule has 0 bridgehead atoms. The lowest BCUT2D eigenvalue weighted by atomic mass is 10.1. The van der Waals surface area contributed by atoms with Gasteiger partial charge in [-0.05, 0) is 36.6 Å². The normalized spacial score (nSPS) is 20.0. The van der Waals surface area contributed by atoms with Crippen LogP contribution in [0.4, 0.5) is 0 Å². The van der Waals surface area contributed by atoms with Gasteiger partial charge in [-0.1, -0.05) is 12.1 Å². The molecule has 0 radical (unpaired) electrons. The van der Waals surface area contributed by atoms with Gasteiger partial charge in [-0.25, -0.2) is 0 Å². The van der Waals surface area contributed by atoms with Crippen molar-refractivity contribution in [1.29, 1.82) is 0 Å². The molecule has 0 aromatic heterocycles. The van der Waals surface area contributed by atoms with Crippen LogP contribution in [0.3, 0.4) is 0 Å². The van der Waals surface area contributed by atoms with E-state index in [4.69, 9.17) is 9.84 Å². The fraction of sp³-hybridized carbons (Fsp3) is 0.500. The summed E-state index contributed by atoms with van der Waals surface area (Å²) in [6.07, 6.45) is 1.07. The molecular formula is C14H19NO3. The van der Waals surface area contributed by atoms with E-state index in [-0.39, 0.29) is 12.6 Å². The first-order valence-corrected chi connectivity index (χ1v) is 6.28. The van der Waals surface area contributed by atoms with E-state index >= 15 is 0 Å². The van der Waals surface area contributed by atoms with Gasteiger partial charge in [0.15, 0.2) is 0 Å². The van der Waals surface area contributed by atoms with Gasteiger partial charge in [0.1, 0.15) is 5.75 Å². The third-order valence-corrected chi connectivity index (χ3v) is 3.22. The third kappa shape index (κ3) is 3.55. The average molecular weight is 249 g/mol. The summed E-state index contributed by atoms with van der Waals surface area (Å²) in [6.45, 7) is 4.56. The van der Waals surface area contributed by atoms with Crippen molar-refractivity contribution in [2.45, 2.75) is 19.9 Å². The van der Waals surface area contributed by atoms with Crippen LogP contribution in [-0.2, 0) is 11.3 Å². The smallest absolute Gasteiger partial charge is 0.308 e. The van der Waals surface area contributed by atoms with Crippen LogP contribution in [0.25, 0.3) is 0 Å². The Morgan fingerprint density at radius 3 is 2.72 bits per heavy atom. The zero-order valence-corrected chi connectivity index (χ0v) is 10.6. The van der Waals surface area contributed by atoms with Crippen molar-refractivity contribution in [1.82, 2.24) is 4.90 Å². The van der Waals surface area contributed by atoms with Crippen LogP contribution in [-0.4, -0.2) is 35.7 Å². The van der Waals surface area contributed by atoms with E-state index in [0.717, 1.165) is 26.1 Å². The van der Waals surface area contributed by atoms with E-state index < -0.39 is 0 Å². The van der Waals surface area contributed by atoms with Crippen molar-refractivity contribution in [3.63, 3.8) is 0 Å². The van der Waals surface area contributed by atoms with Crippen molar-refractivity contribution in [2.75, 3.05) is 19.7 Å².